The third-order valence-electron chi connectivity index (χ3n) is 4.62. The van der Waals surface area contributed by atoms with Crippen LogP contribution >= 0.6 is 0 Å². The van der Waals surface area contributed by atoms with Gasteiger partial charge in [-0.1, -0.05) is 30.3 Å². The van der Waals surface area contributed by atoms with E-state index in [-0.39, 0.29) is 17.9 Å². The number of hydrogen-bond donors (Lipinski definition) is 1. The summed E-state index contributed by atoms with van der Waals surface area (Å²) in [7, 11) is 0. The first-order valence-corrected chi connectivity index (χ1v) is 7.96. The molecule has 3 rings (SSSR count). The van der Waals surface area contributed by atoms with Crippen molar-refractivity contribution in [2.45, 2.75) is 32.7 Å². The van der Waals surface area contributed by atoms with Crippen LogP contribution in [0.25, 0.3) is 0 Å². The van der Waals surface area contributed by atoms with Gasteiger partial charge < -0.3 is 10.2 Å². The van der Waals surface area contributed by atoms with E-state index >= 15 is 0 Å². The van der Waals surface area contributed by atoms with Crippen molar-refractivity contribution in [3.8, 4) is 0 Å². The second kappa shape index (κ2) is 6.41. The monoisotopic (exact) mass is 312 g/mol. The summed E-state index contributed by atoms with van der Waals surface area (Å²) in [5.41, 5.74) is 3.60. The molecule has 1 atom stereocenters. The van der Waals surface area contributed by atoms with Gasteiger partial charge >= 0.3 is 6.03 Å². The molecule has 0 bridgehead atoms. The molecule has 120 valence electrons. The van der Waals surface area contributed by atoms with E-state index in [0.29, 0.717) is 12.1 Å². The largest absolute Gasteiger partial charge is 0.322 e. The van der Waals surface area contributed by atoms with Crippen LogP contribution in [0.2, 0.25) is 0 Å². The fraction of sp³-hybridized carbons (Fsp3) is 0.316. The number of likely N-dealkylation sites (tertiary alicyclic amines) is 1. The Labute approximate surface area is 136 Å². The molecule has 0 aliphatic carbocycles. The van der Waals surface area contributed by atoms with Crippen LogP contribution in [-0.4, -0.2) is 17.5 Å². The number of halogens is 1. The molecule has 3 nitrogen and oxygen atoms in total. The van der Waals surface area contributed by atoms with Gasteiger partial charge in [-0.3, -0.25) is 0 Å². The summed E-state index contributed by atoms with van der Waals surface area (Å²) >= 11 is 0. The fourth-order valence-corrected chi connectivity index (χ4v) is 3.15. The van der Waals surface area contributed by atoms with Gasteiger partial charge in [-0.15, -0.1) is 0 Å². The number of aryl methyl sites for hydroxylation is 1. The van der Waals surface area contributed by atoms with Gasteiger partial charge in [0, 0.05) is 17.8 Å². The van der Waals surface area contributed by atoms with Gasteiger partial charge in [0.25, 0.3) is 0 Å². The van der Waals surface area contributed by atoms with Crippen LogP contribution in [0, 0.1) is 19.7 Å². The van der Waals surface area contributed by atoms with Crippen molar-refractivity contribution >= 4 is 11.7 Å². The number of rotatable bonds is 2. The second-order valence-electron chi connectivity index (χ2n) is 6.05. The molecule has 1 aliphatic rings. The zero-order valence-electron chi connectivity index (χ0n) is 13.5. The fourth-order valence-electron chi connectivity index (χ4n) is 3.15. The van der Waals surface area contributed by atoms with Gasteiger partial charge in [-0.2, -0.15) is 0 Å². The number of carbonyl (C=O) groups is 1. The molecule has 4 heteroatoms. The lowest BCUT2D eigenvalue weighted by Crippen LogP contribution is -2.35. The van der Waals surface area contributed by atoms with Crippen molar-refractivity contribution < 1.29 is 9.18 Å². The van der Waals surface area contributed by atoms with E-state index in [0.717, 1.165) is 29.7 Å². The highest BCUT2D eigenvalue weighted by Gasteiger charge is 2.31. The number of carbonyl (C=O) groups excluding carboxylic acids is 1. The summed E-state index contributed by atoms with van der Waals surface area (Å²) < 4.78 is 14.1. The highest BCUT2D eigenvalue weighted by atomic mass is 19.1. The molecule has 1 aliphatic heterocycles. The first kappa shape index (κ1) is 15.5. The van der Waals surface area contributed by atoms with Crippen LogP contribution in [0.1, 0.15) is 35.6 Å². The summed E-state index contributed by atoms with van der Waals surface area (Å²) in [6.07, 6.45) is 1.68. The molecule has 0 spiro atoms. The minimum atomic E-state index is -0.246. The SMILES string of the molecule is Cc1cccc(NC(=O)N2CCC[C@H]2c2ccccc2F)c1C. The molecule has 1 heterocycles. The van der Waals surface area contributed by atoms with Crippen molar-refractivity contribution in [3.63, 3.8) is 0 Å². The van der Waals surface area contributed by atoms with Crippen LogP contribution in [0.5, 0.6) is 0 Å². The van der Waals surface area contributed by atoms with Gasteiger partial charge in [-0.25, -0.2) is 9.18 Å². The van der Waals surface area contributed by atoms with Gasteiger partial charge in [-0.05, 0) is 49.9 Å². The minimum Gasteiger partial charge on any atom is -0.317 e. The van der Waals surface area contributed by atoms with Crippen LogP contribution in [0.4, 0.5) is 14.9 Å². The quantitative estimate of drug-likeness (QED) is 0.848. The first-order chi connectivity index (χ1) is 11.1. The topological polar surface area (TPSA) is 32.3 Å². The van der Waals surface area contributed by atoms with Crippen molar-refractivity contribution in [1.29, 1.82) is 0 Å². The van der Waals surface area contributed by atoms with E-state index in [1.165, 1.54) is 6.07 Å². The highest BCUT2D eigenvalue weighted by Crippen LogP contribution is 2.34. The molecular weight excluding hydrogens is 291 g/mol. The zero-order chi connectivity index (χ0) is 16.4. The number of benzene rings is 2. The molecule has 0 saturated carbocycles. The maximum absolute atomic E-state index is 14.1. The molecule has 1 fully saturated rings. The molecular formula is C19H21FN2O. The molecule has 23 heavy (non-hydrogen) atoms. The Bertz CT molecular complexity index is 729. The van der Waals surface area contributed by atoms with E-state index in [1.807, 2.05) is 38.1 Å². The van der Waals surface area contributed by atoms with E-state index < -0.39 is 0 Å². The number of nitrogens with zero attached hydrogens (tertiary/aromatic N) is 1. The Morgan fingerprint density at radius 1 is 1.17 bits per heavy atom. The Hall–Kier alpha value is -2.36. The highest BCUT2D eigenvalue weighted by molar-refractivity contribution is 5.90. The van der Waals surface area contributed by atoms with Crippen LogP contribution in [0.3, 0.4) is 0 Å². The predicted molar refractivity (Wildman–Crippen MR) is 90.0 cm³/mol. The lowest BCUT2D eigenvalue weighted by Gasteiger charge is -2.26. The average molecular weight is 312 g/mol. The third kappa shape index (κ3) is 3.07. The van der Waals surface area contributed by atoms with E-state index in [9.17, 15) is 9.18 Å². The Kier molecular flexibility index (Phi) is 4.33. The summed E-state index contributed by atoms with van der Waals surface area (Å²) in [6.45, 7) is 4.65. The van der Waals surface area contributed by atoms with Gasteiger partial charge in [0.05, 0.1) is 6.04 Å². The summed E-state index contributed by atoms with van der Waals surface area (Å²) in [6, 6.07) is 12.2. The number of amides is 2. The lowest BCUT2D eigenvalue weighted by molar-refractivity contribution is 0.206. The Balaban J connectivity index is 1.81. The molecule has 0 aromatic heterocycles. The predicted octanol–water partition coefficient (Wildman–Crippen LogP) is 4.81. The van der Waals surface area contributed by atoms with Crippen molar-refractivity contribution in [3.05, 3.63) is 65.0 Å². The van der Waals surface area contributed by atoms with E-state index in [2.05, 4.69) is 5.32 Å². The number of hydrogen-bond acceptors (Lipinski definition) is 1. The Morgan fingerprint density at radius 3 is 2.74 bits per heavy atom. The maximum Gasteiger partial charge on any atom is 0.322 e. The van der Waals surface area contributed by atoms with E-state index in [4.69, 9.17) is 0 Å². The first-order valence-electron chi connectivity index (χ1n) is 7.96. The molecule has 2 aromatic rings. The standard InChI is InChI=1S/C19H21FN2O/c1-13-7-5-10-17(14(13)2)21-19(23)22-12-6-11-18(22)15-8-3-4-9-16(15)20/h3-5,7-10,18H,6,11-12H2,1-2H3,(H,21,23)/t18-/m0/s1. The van der Waals surface area contributed by atoms with Crippen LogP contribution in [0.15, 0.2) is 42.5 Å². The van der Waals surface area contributed by atoms with Gasteiger partial charge in [0.2, 0.25) is 0 Å². The van der Waals surface area contributed by atoms with E-state index in [1.54, 1.807) is 17.0 Å². The van der Waals surface area contributed by atoms with Crippen LogP contribution in [-0.2, 0) is 0 Å². The summed E-state index contributed by atoms with van der Waals surface area (Å²) in [5, 5.41) is 2.98. The Morgan fingerprint density at radius 2 is 1.96 bits per heavy atom. The normalized spacial score (nSPS) is 17.3. The molecule has 0 unspecified atom stereocenters. The summed E-state index contributed by atoms with van der Waals surface area (Å²) in [5.74, 6) is -0.246. The number of urea groups is 1. The van der Waals surface area contributed by atoms with Crippen LogP contribution < -0.4 is 5.32 Å². The molecule has 1 saturated heterocycles. The van der Waals surface area contributed by atoms with Crippen molar-refractivity contribution in [1.82, 2.24) is 4.90 Å². The van der Waals surface area contributed by atoms with Crippen molar-refractivity contribution in [2.75, 3.05) is 11.9 Å². The maximum atomic E-state index is 14.1. The minimum absolute atomic E-state index is 0.163. The zero-order valence-corrected chi connectivity index (χ0v) is 13.5. The molecule has 2 amide bonds. The smallest absolute Gasteiger partial charge is 0.317 e. The third-order valence-corrected chi connectivity index (χ3v) is 4.62. The number of anilines is 1. The number of nitrogens with one attached hydrogen (secondary N) is 1. The van der Waals surface area contributed by atoms with Gasteiger partial charge in [0.1, 0.15) is 5.82 Å². The second-order valence-corrected chi connectivity index (χ2v) is 6.05. The summed E-state index contributed by atoms with van der Waals surface area (Å²) in [4.78, 5) is 14.4. The molecule has 0 radical (unpaired) electrons. The average Bonchev–Trinajstić information content (AvgIpc) is 3.02. The molecule has 1 N–H and O–H groups in total. The van der Waals surface area contributed by atoms with Crippen molar-refractivity contribution in [2.24, 2.45) is 0 Å². The molecule has 2 aromatic carbocycles. The lowest BCUT2D eigenvalue weighted by atomic mass is 10.0. The van der Waals surface area contributed by atoms with Gasteiger partial charge in [0.15, 0.2) is 0 Å².